The van der Waals surface area contributed by atoms with Crippen LogP contribution in [-0.4, -0.2) is 47.8 Å². The molecule has 0 aliphatic rings. The van der Waals surface area contributed by atoms with E-state index in [-0.39, 0.29) is 13.1 Å². The summed E-state index contributed by atoms with van der Waals surface area (Å²) in [4.78, 5) is 12.7. The summed E-state index contributed by atoms with van der Waals surface area (Å²) in [6, 6.07) is 2.29. The summed E-state index contributed by atoms with van der Waals surface area (Å²) in [6.07, 6.45) is -2.99. The summed E-state index contributed by atoms with van der Waals surface area (Å²) >= 11 is 0. The van der Waals surface area contributed by atoms with Crippen molar-refractivity contribution in [3.63, 3.8) is 0 Å². The van der Waals surface area contributed by atoms with Crippen molar-refractivity contribution in [3.05, 3.63) is 24.2 Å². The Kier molecular flexibility index (Phi) is 6.03. The molecule has 0 saturated heterocycles. The van der Waals surface area contributed by atoms with E-state index >= 15 is 0 Å². The number of amides is 1. The van der Waals surface area contributed by atoms with Crippen molar-refractivity contribution in [2.75, 3.05) is 19.7 Å². The third-order valence-electron chi connectivity index (χ3n) is 2.71. The first kappa shape index (κ1) is 16.5. The van der Waals surface area contributed by atoms with Crippen molar-refractivity contribution >= 4 is 5.91 Å². The highest BCUT2D eigenvalue weighted by Crippen LogP contribution is 2.18. The first-order chi connectivity index (χ1) is 9.33. The smallest absolute Gasteiger partial charge is 0.401 e. The molecule has 1 amide bonds. The van der Waals surface area contributed by atoms with E-state index in [1.54, 1.807) is 12.1 Å². The van der Waals surface area contributed by atoms with Crippen molar-refractivity contribution < 1.29 is 27.5 Å². The molecule has 1 aromatic heterocycles. The molecule has 0 aliphatic heterocycles. The van der Waals surface area contributed by atoms with Crippen molar-refractivity contribution in [2.24, 2.45) is 0 Å². The molecule has 1 rings (SSSR count). The molecule has 1 unspecified atom stereocenters. The van der Waals surface area contributed by atoms with E-state index in [1.165, 1.54) is 13.2 Å². The summed E-state index contributed by atoms with van der Waals surface area (Å²) < 4.78 is 42.2. The van der Waals surface area contributed by atoms with E-state index in [4.69, 9.17) is 9.52 Å². The van der Waals surface area contributed by atoms with Crippen LogP contribution in [0.2, 0.25) is 0 Å². The molecule has 0 bridgehead atoms. The molecule has 0 aliphatic carbocycles. The Morgan fingerprint density at radius 1 is 1.55 bits per heavy atom. The largest absolute Gasteiger partial charge is 0.467 e. The van der Waals surface area contributed by atoms with E-state index < -0.39 is 31.3 Å². The van der Waals surface area contributed by atoms with Crippen LogP contribution in [0.3, 0.4) is 0 Å². The number of aliphatic hydroxyl groups is 1. The van der Waals surface area contributed by atoms with Crippen molar-refractivity contribution in [1.82, 2.24) is 10.2 Å². The van der Waals surface area contributed by atoms with Gasteiger partial charge in [0.1, 0.15) is 5.76 Å². The fourth-order valence-corrected chi connectivity index (χ4v) is 1.67. The number of carbonyl (C=O) groups excluding carboxylic acids is 1. The average molecular weight is 294 g/mol. The monoisotopic (exact) mass is 294 g/mol. The fourth-order valence-electron chi connectivity index (χ4n) is 1.67. The Balaban J connectivity index is 2.54. The number of nitrogens with zero attached hydrogens (tertiary/aromatic N) is 1. The molecule has 1 atom stereocenters. The van der Waals surface area contributed by atoms with Crippen LogP contribution in [0.5, 0.6) is 0 Å². The summed E-state index contributed by atoms with van der Waals surface area (Å²) in [6.45, 7) is -0.461. The van der Waals surface area contributed by atoms with Crippen LogP contribution in [0.15, 0.2) is 22.8 Å². The number of alkyl halides is 3. The van der Waals surface area contributed by atoms with Crippen LogP contribution < -0.4 is 5.32 Å². The third kappa shape index (κ3) is 5.62. The molecule has 0 radical (unpaired) electrons. The highest BCUT2D eigenvalue weighted by molar-refractivity contribution is 5.81. The maximum Gasteiger partial charge on any atom is 0.401 e. The van der Waals surface area contributed by atoms with Crippen LogP contribution >= 0.6 is 0 Å². The molecule has 0 saturated carbocycles. The summed E-state index contributed by atoms with van der Waals surface area (Å²) in [5.41, 5.74) is 0. The number of rotatable bonds is 7. The zero-order valence-electron chi connectivity index (χ0n) is 11.0. The molecule has 1 heterocycles. The van der Waals surface area contributed by atoms with Crippen molar-refractivity contribution in [3.8, 4) is 0 Å². The maximum atomic E-state index is 12.4. The SMILES string of the molecule is CC(C(=O)NCc1ccco1)N(CCO)CC(F)(F)F. The minimum Gasteiger partial charge on any atom is -0.467 e. The van der Waals surface area contributed by atoms with Gasteiger partial charge >= 0.3 is 6.18 Å². The van der Waals surface area contributed by atoms with Gasteiger partial charge < -0.3 is 14.8 Å². The normalized spacial score (nSPS) is 13.5. The molecule has 0 fully saturated rings. The van der Waals surface area contributed by atoms with E-state index in [9.17, 15) is 18.0 Å². The third-order valence-corrected chi connectivity index (χ3v) is 2.71. The van der Waals surface area contributed by atoms with E-state index in [2.05, 4.69) is 5.32 Å². The zero-order valence-corrected chi connectivity index (χ0v) is 11.0. The average Bonchev–Trinajstić information content (AvgIpc) is 2.86. The quantitative estimate of drug-likeness (QED) is 0.791. The minimum atomic E-state index is -4.43. The predicted octanol–water partition coefficient (Wildman–Crippen LogP) is 1.14. The molecular formula is C12H17F3N2O3. The van der Waals surface area contributed by atoms with Gasteiger partial charge in [-0.1, -0.05) is 0 Å². The first-order valence-corrected chi connectivity index (χ1v) is 6.05. The predicted molar refractivity (Wildman–Crippen MR) is 64.7 cm³/mol. The molecule has 5 nitrogen and oxygen atoms in total. The Morgan fingerprint density at radius 2 is 2.25 bits per heavy atom. The van der Waals surface area contributed by atoms with Gasteiger partial charge in [0.25, 0.3) is 0 Å². The number of nitrogens with one attached hydrogen (secondary N) is 1. The highest BCUT2D eigenvalue weighted by Gasteiger charge is 2.34. The zero-order chi connectivity index (χ0) is 15.2. The second-order valence-electron chi connectivity index (χ2n) is 4.28. The van der Waals surface area contributed by atoms with Gasteiger partial charge in [-0.05, 0) is 19.1 Å². The summed E-state index contributed by atoms with van der Waals surface area (Å²) in [5, 5.41) is 11.3. The molecule has 20 heavy (non-hydrogen) atoms. The van der Waals surface area contributed by atoms with Crippen LogP contribution in [0.4, 0.5) is 13.2 Å². The van der Waals surface area contributed by atoms with Crippen LogP contribution in [-0.2, 0) is 11.3 Å². The Hall–Kier alpha value is -1.54. The second-order valence-corrected chi connectivity index (χ2v) is 4.28. The molecule has 0 spiro atoms. The van der Waals surface area contributed by atoms with Crippen LogP contribution in [0.1, 0.15) is 12.7 Å². The van der Waals surface area contributed by atoms with Gasteiger partial charge in [0.2, 0.25) is 5.91 Å². The van der Waals surface area contributed by atoms with Crippen LogP contribution in [0, 0.1) is 0 Å². The molecule has 114 valence electrons. The van der Waals surface area contributed by atoms with Gasteiger partial charge in [-0.25, -0.2) is 0 Å². The number of furan rings is 1. The topological polar surface area (TPSA) is 65.7 Å². The minimum absolute atomic E-state index is 0.106. The van der Waals surface area contributed by atoms with E-state index in [1.807, 2.05) is 0 Å². The molecular weight excluding hydrogens is 277 g/mol. The van der Waals surface area contributed by atoms with Crippen LogP contribution in [0.25, 0.3) is 0 Å². The second kappa shape index (κ2) is 7.30. The molecule has 2 N–H and O–H groups in total. The van der Waals surface area contributed by atoms with Crippen molar-refractivity contribution in [2.45, 2.75) is 25.7 Å². The molecule has 1 aromatic rings. The number of hydrogen-bond donors (Lipinski definition) is 2. The number of hydrogen-bond acceptors (Lipinski definition) is 4. The lowest BCUT2D eigenvalue weighted by atomic mass is 10.2. The number of carbonyl (C=O) groups is 1. The van der Waals surface area contributed by atoms with Gasteiger partial charge in [0.15, 0.2) is 0 Å². The first-order valence-electron chi connectivity index (χ1n) is 6.05. The highest BCUT2D eigenvalue weighted by atomic mass is 19.4. The summed E-state index contributed by atoms with van der Waals surface area (Å²) in [5.74, 6) is -0.0471. The lowest BCUT2D eigenvalue weighted by Gasteiger charge is -2.28. The Labute approximate surface area is 114 Å². The van der Waals surface area contributed by atoms with Gasteiger partial charge in [-0.2, -0.15) is 13.2 Å². The van der Waals surface area contributed by atoms with E-state index in [0.29, 0.717) is 5.76 Å². The fraction of sp³-hybridized carbons (Fsp3) is 0.583. The lowest BCUT2D eigenvalue weighted by molar-refractivity contribution is -0.155. The van der Waals surface area contributed by atoms with Gasteiger partial charge in [-0.15, -0.1) is 0 Å². The van der Waals surface area contributed by atoms with Gasteiger partial charge in [0.05, 0.1) is 32.0 Å². The van der Waals surface area contributed by atoms with Crippen molar-refractivity contribution in [1.29, 1.82) is 0 Å². The van der Waals surface area contributed by atoms with Gasteiger partial charge in [0, 0.05) is 6.54 Å². The van der Waals surface area contributed by atoms with Gasteiger partial charge in [-0.3, -0.25) is 9.69 Å². The standard InChI is InChI=1S/C12H17F3N2O3/c1-9(17(4-5-18)8-12(13,14)15)11(19)16-7-10-3-2-6-20-10/h2-3,6,9,18H,4-5,7-8H2,1H3,(H,16,19). The molecule has 8 heteroatoms. The number of aliphatic hydroxyl groups excluding tert-OH is 1. The number of halogens is 3. The lowest BCUT2D eigenvalue weighted by Crippen LogP contribution is -2.49. The van der Waals surface area contributed by atoms with E-state index in [0.717, 1.165) is 4.90 Å². The molecule has 0 aromatic carbocycles. The maximum absolute atomic E-state index is 12.4. The Bertz CT molecular complexity index is 407. The summed E-state index contributed by atoms with van der Waals surface area (Å²) in [7, 11) is 0. The Morgan fingerprint density at radius 3 is 2.75 bits per heavy atom.